The van der Waals surface area contributed by atoms with Crippen LogP contribution in [0.3, 0.4) is 0 Å². The maximum atomic E-state index is 12.8. The molecule has 0 radical (unpaired) electrons. The van der Waals surface area contributed by atoms with Crippen molar-refractivity contribution in [3.8, 4) is 0 Å². The first kappa shape index (κ1) is 16.0. The van der Waals surface area contributed by atoms with Crippen molar-refractivity contribution < 1.29 is 9.59 Å². The molecule has 4 nitrogen and oxygen atoms in total. The summed E-state index contributed by atoms with van der Waals surface area (Å²) in [7, 11) is 0. The standard InChI is InChI=1S/C16H21BrN2O2/c1-4-10(3)14-16(21)19(13(5-2)15(20)18-14)12-8-6-7-11(17)9-12/h6-10,13-14H,4-5H2,1-3H3,(H,18,20). The minimum Gasteiger partial charge on any atom is -0.342 e. The summed E-state index contributed by atoms with van der Waals surface area (Å²) in [6.45, 7) is 5.94. The molecular weight excluding hydrogens is 332 g/mol. The largest absolute Gasteiger partial charge is 0.342 e. The molecule has 0 aromatic heterocycles. The summed E-state index contributed by atoms with van der Waals surface area (Å²) >= 11 is 3.42. The van der Waals surface area contributed by atoms with E-state index >= 15 is 0 Å². The second kappa shape index (κ2) is 6.60. The molecule has 1 N–H and O–H groups in total. The molecule has 3 atom stereocenters. The average Bonchev–Trinajstić information content (AvgIpc) is 2.47. The van der Waals surface area contributed by atoms with Crippen LogP contribution in [0.1, 0.15) is 33.6 Å². The van der Waals surface area contributed by atoms with Gasteiger partial charge in [0.25, 0.3) is 5.91 Å². The van der Waals surface area contributed by atoms with Gasteiger partial charge in [-0.2, -0.15) is 0 Å². The van der Waals surface area contributed by atoms with Crippen molar-refractivity contribution in [2.24, 2.45) is 5.92 Å². The van der Waals surface area contributed by atoms with E-state index in [0.717, 1.165) is 16.6 Å². The fraction of sp³-hybridized carbons (Fsp3) is 0.500. The lowest BCUT2D eigenvalue weighted by atomic mass is 9.93. The number of nitrogens with zero attached hydrogens (tertiary/aromatic N) is 1. The second-order valence-electron chi connectivity index (χ2n) is 5.48. The molecule has 0 bridgehead atoms. The van der Waals surface area contributed by atoms with Gasteiger partial charge in [-0.25, -0.2) is 0 Å². The molecule has 0 spiro atoms. The van der Waals surface area contributed by atoms with Gasteiger partial charge < -0.3 is 5.32 Å². The summed E-state index contributed by atoms with van der Waals surface area (Å²) in [6.07, 6.45) is 1.44. The number of rotatable bonds is 4. The Balaban J connectivity index is 2.42. The van der Waals surface area contributed by atoms with E-state index in [1.165, 1.54) is 0 Å². The minimum atomic E-state index is -0.440. The number of amides is 2. The molecule has 3 unspecified atom stereocenters. The highest BCUT2D eigenvalue weighted by molar-refractivity contribution is 9.10. The van der Waals surface area contributed by atoms with E-state index in [-0.39, 0.29) is 17.7 Å². The summed E-state index contributed by atoms with van der Waals surface area (Å²) in [5, 5.41) is 2.89. The van der Waals surface area contributed by atoms with E-state index in [9.17, 15) is 9.59 Å². The van der Waals surface area contributed by atoms with Crippen molar-refractivity contribution >= 4 is 33.4 Å². The van der Waals surface area contributed by atoms with Crippen LogP contribution >= 0.6 is 15.9 Å². The molecule has 1 saturated heterocycles. The van der Waals surface area contributed by atoms with Gasteiger partial charge in [-0.1, -0.05) is 49.2 Å². The second-order valence-corrected chi connectivity index (χ2v) is 6.40. The molecule has 1 fully saturated rings. The van der Waals surface area contributed by atoms with Crippen LogP contribution in [0.5, 0.6) is 0 Å². The Kier molecular flexibility index (Phi) is 5.04. The molecular formula is C16H21BrN2O2. The van der Waals surface area contributed by atoms with Gasteiger partial charge in [0.05, 0.1) is 0 Å². The van der Waals surface area contributed by atoms with Crippen LogP contribution in [0.25, 0.3) is 0 Å². The summed E-state index contributed by atoms with van der Waals surface area (Å²) in [4.78, 5) is 26.9. The zero-order valence-corrected chi connectivity index (χ0v) is 14.2. The van der Waals surface area contributed by atoms with Crippen molar-refractivity contribution in [1.29, 1.82) is 0 Å². The van der Waals surface area contributed by atoms with Crippen molar-refractivity contribution in [2.45, 2.75) is 45.7 Å². The topological polar surface area (TPSA) is 49.4 Å². The van der Waals surface area contributed by atoms with Gasteiger partial charge in [0, 0.05) is 10.2 Å². The maximum Gasteiger partial charge on any atom is 0.250 e. The number of piperazine rings is 1. The van der Waals surface area contributed by atoms with E-state index in [0.29, 0.717) is 6.42 Å². The third kappa shape index (κ3) is 3.12. The Bertz CT molecular complexity index is 547. The van der Waals surface area contributed by atoms with Crippen LogP contribution in [0.2, 0.25) is 0 Å². The molecule has 2 rings (SSSR count). The fourth-order valence-electron chi connectivity index (χ4n) is 2.65. The summed E-state index contributed by atoms with van der Waals surface area (Å²) in [6, 6.07) is 6.66. The van der Waals surface area contributed by atoms with E-state index in [1.54, 1.807) is 4.90 Å². The van der Waals surface area contributed by atoms with Crippen molar-refractivity contribution in [3.05, 3.63) is 28.7 Å². The van der Waals surface area contributed by atoms with Gasteiger partial charge in [-0.05, 0) is 30.5 Å². The Labute approximate surface area is 134 Å². The van der Waals surface area contributed by atoms with E-state index in [1.807, 2.05) is 45.0 Å². The molecule has 114 valence electrons. The average molecular weight is 353 g/mol. The van der Waals surface area contributed by atoms with Gasteiger partial charge in [0.2, 0.25) is 5.91 Å². The predicted octanol–water partition coefficient (Wildman–Crippen LogP) is 3.11. The number of carbonyl (C=O) groups excluding carboxylic acids is 2. The third-order valence-electron chi connectivity index (χ3n) is 4.10. The molecule has 1 heterocycles. The molecule has 1 aromatic carbocycles. The number of hydrogen-bond acceptors (Lipinski definition) is 2. The first-order valence-corrected chi connectivity index (χ1v) is 8.17. The predicted molar refractivity (Wildman–Crippen MR) is 87.1 cm³/mol. The molecule has 0 saturated carbocycles. The fourth-order valence-corrected chi connectivity index (χ4v) is 3.04. The van der Waals surface area contributed by atoms with Gasteiger partial charge in [-0.15, -0.1) is 0 Å². The van der Waals surface area contributed by atoms with E-state index in [2.05, 4.69) is 21.2 Å². The number of halogens is 1. The van der Waals surface area contributed by atoms with Crippen molar-refractivity contribution in [2.75, 3.05) is 4.90 Å². The molecule has 0 aliphatic carbocycles. The smallest absolute Gasteiger partial charge is 0.250 e. The highest BCUT2D eigenvalue weighted by Crippen LogP contribution is 2.28. The number of hydrogen-bond donors (Lipinski definition) is 1. The lowest BCUT2D eigenvalue weighted by molar-refractivity contribution is -0.135. The van der Waals surface area contributed by atoms with Crippen LogP contribution in [-0.2, 0) is 9.59 Å². The van der Waals surface area contributed by atoms with Crippen LogP contribution in [0.15, 0.2) is 28.7 Å². The lowest BCUT2D eigenvalue weighted by Gasteiger charge is -2.40. The van der Waals surface area contributed by atoms with Crippen molar-refractivity contribution in [3.63, 3.8) is 0 Å². The summed E-state index contributed by atoms with van der Waals surface area (Å²) in [5.74, 6) is 0.0326. The Morgan fingerprint density at radius 1 is 1.33 bits per heavy atom. The van der Waals surface area contributed by atoms with Gasteiger partial charge in [-0.3, -0.25) is 14.5 Å². The number of nitrogens with one attached hydrogen (secondary N) is 1. The monoisotopic (exact) mass is 352 g/mol. The quantitative estimate of drug-likeness (QED) is 0.904. The molecule has 1 aromatic rings. The highest BCUT2D eigenvalue weighted by atomic mass is 79.9. The zero-order chi connectivity index (χ0) is 15.6. The van der Waals surface area contributed by atoms with Crippen LogP contribution in [-0.4, -0.2) is 23.9 Å². The first-order chi connectivity index (χ1) is 9.99. The van der Waals surface area contributed by atoms with E-state index < -0.39 is 12.1 Å². The Morgan fingerprint density at radius 3 is 2.62 bits per heavy atom. The molecule has 1 aliphatic heterocycles. The Hall–Kier alpha value is -1.36. The molecule has 5 heteroatoms. The first-order valence-electron chi connectivity index (χ1n) is 7.38. The Morgan fingerprint density at radius 2 is 2.05 bits per heavy atom. The number of benzene rings is 1. The lowest BCUT2D eigenvalue weighted by Crippen LogP contribution is -2.65. The normalized spacial score (nSPS) is 23.9. The molecule has 1 aliphatic rings. The third-order valence-corrected chi connectivity index (χ3v) is 4.59. The van der Waals surface area contributed by atoms with Gasteiger partial charge in [0.1, 0.15) is 12.1 Å². The SMILES string of the molecule is CCC(C)C1NC(=O)C(CC)N(c2cccc(Br)c2)C1=O. The number of anilines is 1. The minimum absolute atomic E-state index is 0.0195. The van der Waals surface area contributed by atoms with Gasteiger partial charge in [0.15, 0.2) is 0 Å². The van der Waals surface area contributed by atoms with Crippen molar-refractivity contribution in [1.82, 2.24) is 5.32 Å². The highest BCUT2D eigenvalue weighted by Gasteiger charge is 2.42. The van der Waals surface area contributed by atoms with Crippen LogP contribution in [0, 0.1) is 5.92 Å². The summed E-state index contributed by atoms with van der Waals surface area (Å²) < 4.78 is 0.897. The molecule has 21 heavy (non-hydrogen) atoms. The van der Waals surface area contributed by atoms with Gasteiger partial charge >= 0.3 is 0 Å². The maximum absolute atomic E-state index is 12.8. The van der Waals surface area contributed by atoms with Crippen LogP contribution in [0.4, 0.5) is 5.69 Å². The molecule has 2 amide bonds. The summed E-state index contributed by atoms with van der Waals surface area (Å²) in [5.41, 5.74) is 0.768. The van der Waals surface area contributed by atoms with E-state index in [4.69, 9.17) is 0 Å². The number of carbonyl (C=O) groups is 2. The van der Waals surface area contributed by atoms with Crippen LogP contribution < -0.4 is 10.2 Å². The zero-order valence-electron chi connectivity index (χ0n) is 12.6.